The predicted octanol–water partition coefficient (Wildman–Crippen LogP) is 4.00. The second-order valence-electron chi connectivity index (χ2n) is 4.55. The zero-order valence-electron chi connectivity index (χ0n) is 11.1. The minimum atomic E-state index is -3.65. The van der Waals surface area contributed by atoms with E-state index in [4.69, 9.17) is 23.2 Å². The van der Waals surface area contributed by atoms with Crippen molar-refractivity contribution in [2.24, 2.45) is 0 Å². The van der Waals surface area contributed by atoms with Gasteiger partial charge in [0.25, 0.3) is 5.69 Å². The molecule has 8 heteroatoms. The maximum atomic E-state index is 12.3. The van der Waals surface area contributed by atoms with E-state index in [1.54, 1.807) is 24.3 Å². The van der Waals surface area contributed by atoms with Crippen molar-refractivity contribution in [3.05, 3.63) is 69.2 Å². The lowest BCUT2D eigenvalue weighted by molar-refractivity contribution is -0.384. The zero-order chi connectivity index (χ0) is 16.3. The molecule has 2 rings (SSSR count). The van der Waals surface area contributed by atoms with Gasteiger partial charge < -0.3 is 0 Å². The van der Waals surface area contributed by atoms with Crippen molar-refractivity contribution in [1.29, 1.82) is 0 Å². The van der Waals surface area contributed by atoms with E-state index in [1.165, 1.54) is 12.1 Å². The maximum Gasteiger partial charge on any atom is 0.269 e. The Morgan fingerprint density at radius 3 is 2.09 bits per heavy atom. The van der Waals surface area contributed by atoms with E-state index < -0.39 is 20.1 Å². The topological polar surface area (TPSA) is 77.3 Å². The Labute approximate surface area is 137 Å². The largest absolute Gasteiger partial charge is 0.269 e. The fourth-order valence-electron chi connectivity index (χ4n) is 1.83. The van der Waals surface area contributed by atoms with Gasteiger partial charge in [0.2, 0.25) is 0 Å². The molecular weight excluding hydrogens is 349 g/mol. The van der Waals surface area contributed by atoms with E-state index in [9.17, 15) is 18.5 Å². The lowest BCUT2D eigenvalue weighted by Crippen LogP contribution is -2.11. The summed E-state index contributed by atoms with van der Waals surface area (Å²) in [7, 11) is -3.65. The van der Waals surface area contributed by atoms with Crippen molar-refractivity contribution < 1.29 is 13.3 Å². The van der Waals surface area contributed by atoms with Crippen LogP contribution in [0.1, 0.15) is 10.9 Å². The summed E-state index contributed by atoms with van der Waals surface area (Å²) in [5.41, 5.74) is 0.468. The number of halogens is 2. The molecule has 5 nitrogen and oxygen atoms in total. The molecule has 0 bridgehead atoms. The summed E-state index contributed by atoms with van der Waals surface area (Å²) >= 11 is 11.9. The Morgan fingerprint density at radius 1 is 1.05 bits per heavy atom. The van der Waals surface area contributed by atoms with Crippen LogP contribution >= 0.6 is 23.2 Å². The molecule has 0 radical (unpaired) electrons. The number of hydrogen-bond acceptors (Lipinski definition) is 4. The van der Waals surface area contributed by atoms with Crippen LogP contribution in [0.5, 0.6) is 0 Å². The van der Waals surface area contributed by atoms with Gasteiger partial charge in [-0.2, -0.15) is 0 Å². The number of rotatable bonds is 5. The van der Waals surface area contributed by atoms with Crippen LogP contribution in [0.3, 0.4) is 0 Å². The first-order valence-electron chi connectivity index (χ1n) is 6.16. The van der Waals surface area contributed by atoms with E-state index >= 15 is 0 Å². The molecular formula is C14H11Cl2NO4S. The van der Waals surface area contributed by atoms with E-state index in [0.29, 0.717) is 10.6 Å². The minimum Gasteiger partial charge on any atom is -0.258 e. The molecule has 116 valence electrons. The van der Waals surface area contributed by atoms with Crippen molar-refractivity contribution in [1.82, 2.24) is 0 Å². The van der Waals surface area contributed by atoms with Gasteiger partial charge in [-0.25, -0.2) is 8.42 Å². The zero-order valence-corrected chi connectivity index (χ0v) is 13.5. The van der Waals surface area contributed by atoms with Crippen molar-refractivity contribution in [2.75, 3.05) is 5.75 Å². The quantitative estimate of drug-likeness (QED) is 0.459. The minimum absolute atomic E-state index is 0.00212. The standard InChI is InChI=1S/C14H11Cl2NO4S/c15-11-3-1-10(2-4-11)14(16)9-22(20,21)13-7-5-12(6-8-13)17(18)19/h1-8,14H,9H2. The Bertz CT molecular complexity index is 773. The summed E-state index contributed by atoms with van der Waals surface area (Å²) in [4.78, 5) is 9.99. The molecule has 2 aromatic carbocycles. The number of sulfone groups is 1. The summed E-state index contributed by atoms with van der Waals surface area (Å²) < 4.78 is 24.6. The summed E-state index contributed by atoms with van der Waals surface area (Å²) in [6.45, 7) is 0. The monoisotopic (exact) mass is 359 g/mol. The van der Waals surface area contributed by atoms with Crippen LogP contribution in [0.4, 0.5) is 5.69 Å². The highest BCUT2D eigenvalue weighted by Gasteiger charge is 2.22. The molecule has 0 aliphatic heterocycles. The molecule has 0 fully saturated rings. The van der Waals surface area contributed by atoms with Gasteiger partial charge in [0.15, 0.2) is 9.84 Å². The van der Waals surface area contributed by atoms with Gasteiger partial charge in [0.1, 0.15) is 0 Å². The fraction of sp³-hybridized carbons (Fsp3) is 0.143. The van der Waals surface area contributed by atoms with Crippen LogP contribution in [0.2, 0.25) is 5.02 Å². The van der Waals surface area contributed by atoms with Gasteiger partial charge >= 0.3 is 0 Å². The van der Waals surface area contributed by atoms with Gasteiger partial charge in [-0.05, 0) is 29.8 Å². The van der Waals surface area contributed by atoms with Crippen molar-refractivity contribution in [3.8, 4) is 0 Å². The number of non-ortho nitro benzene ring substituents is 1. The first-order chi connectivity index (χ1) is 10.3. The van der Waals surface area contributed by atoms with Gasteiger partial charge in [0, 0.05) is 17.2 Å². The first-order valence-corrected chi connectivity index (χ1v) is 8.63. The predicted molar refractivity (Wildman–Crippen MR) is 85.2 cm³/mol. The van der Waals surface area contributed by atoms with Crippen molar-refractivity contribution >= 4 is 38.7 Å². The summed E-state index contributed by atoms with van der Waals surface area (Å²) in [6, 6.07) is 11.3. The van der Waals surface area contributed by atoms with Crippen molar-refractivity contribution in [2.45, 2.75) is 10.3 Å². The van der Waals surface area contributed by atoms with Gasteiger partial charge in [0.05, 0.1) is 20.9 Å². The van der Waals surface area contributed by atoms with Crippen LogP contribution in [0.25, 0.3) is 0 Å². The normalized spacial score (nSPS) is 12.8. The lowest BCUT2D eigenvalue weighted by atomic mass is 10.2. The average molecular weight is 360 g/mol. The summed E-state index contributed by atoms with van der Waals surface area (Å²) in [6.07, 6.45) is 0. The molecule has 1 unspecified atom stereocenters. The first kappa shape index (κ1) is 16.7. The highest BCUT2D eigenvalue weighted by atomic mass is 35.5. The van der Waals surface area contributed by atoms with E-state index in [0.717, 1.165) is 12.1 Å². The molecule has 0 aliphatic rings. The second-order valence-corrected chi connectivity index (χ2v) is 7.55. The third-order valence-corrected chi connectivity index (χ3v) is 5.61. The molecule has 0 aliphatic carbocycles. The molecule has 0 amide bonds. The fourth-order valence-corrected chi connectivity index (χ4v) is 3.92. The van der Waals surface area contributed by atoms with E-state index in [2.05, 4.69) is 0 Å². The number of nitro benzene ring substituents is 1. The van der Waals surface area contributed by atoms with Crippen LogP contribution in [-0.4, -0.2) is 19.1 Å². The van der Waals surface area contributed by atoms with Crippen LogP contribution in [-0.2, 0) is 9.84 Å². The summed E-state index contributed by atoms with van der Waals surface area (Å²) in [5, 5.41) is 10.4. The van der Waals surface area contributed by atoms with Gasteiger partial charge in [-0.1, -0.05) is 23.7 Å². The molecule has 2 aromatic rings. The van der Waals surface area contributed by atoms with Crippen LogP contribution < -0.4 is 0 Å². The van der Waals surface area contributed by atoms with E-state index in [1.807, 2.05) is 0 Å². The maximum absolute atomic E-state index is 12.3. The Morgan fingerprint density at radius 2 is 1.59 bits per heavy atom. The second kappa shape index (κ2) is 6.64. The van der Waals surface area contributed by atoms with Crippen molar-refractivity contribution in [3.63, 3.8) is 0 Å². The Hall–Kier alpha value is -1.63. The Kier molecular flexibility index (Phi) is 5.05. The molecule has 0 saturated carbocycles. The molecule has 0 heterocycles. The van der Waals surface area contributed by atoms with Gasteiger partial charge in [-0.3, -0.25) is 10.1 Å². The number of hydrogen-bond donors (Lipinski definition) is 0. The average Bonchev–Trinajstić information content (AvgIpc) is 2.47. The molecule has 0 spiro atoms. The number of alkyl halides is 1. The third-order valence-electron chi connectivity index (χ3n) is 3.00. The molecule has 22 heavy (non-hydrogen) atoms. The smallest absolute Gasteiger partial charge is 0.258 e. The SMILES string of the molecule is O=[N+]([O-])c1ccc(S(=O)(=O)CC(Cl)c2ccc(Cl)cc2)cc1. The third kappa shape index (κ3) is 3.97. The van der Waals surface area contributed by atoms with Gasteiger partial charge in [-0.15, -0.1) is 11.6 Å². The highest BCUT2D eigenvalue weighted by molar-refractivity contribution is 7.91. The Balaban J connectivity index is 2.19. The molecule has 1 atom stereocenters. The van der Waals surface area contributed by atoms with Crippen LogP contribution in [0, 0.1) is 10.1 Å². The molecule has 0 saturated heterocycles. The molecule has 0 N–H and O–H groups in total. The lowest BCUT2D eigenvalue weighted by Gasteiger charge is -2.11. The number of benzene rings is 2. The molecule has 0 aromatic heterocycles. The van der Waals surface area contributed by atoms with Crippen LogP contribution in [0.15, 0.2) is 53.4 Å². The van der Waals surface area contributed by atoms with E-state index in [-0.39, 0.29) is 16.3 Å². The highest BCUT2D eigenvalue weighted by Crippen LogP contribution is 2.27. The number of nitro groups is 1. The summed E-state index contributed by atoms with van der Waals surface area (Å²) in [5.74, 6) is -0.312. The number of nitrogens with zero attached hydrogens (tertiary/aromatic N) is 1.